The van der Waals surface area contributed by atoms with Crippen molar-refractivity contribution >= 4 is 23.7 Å². The highest BCUT2D eigenvalue weighted by Gasteiger charge is 2.40. The summed E-state index contributed by atoms with van der Waals surface area (Å²) in [5.74, 6) is -1.44. The Hall–Kier alpha value is -2.88. The molecular weight excluding hydrogens is 476 g/mol. The number of aromatic nitrogens is 1. The lowest BCUT2D eigenvalue weighted by atomic mass is 9.92. The van der Waals surface area contributed by atoms with Crippen molar-refractivity contribution in [1.82, 2.24) is 14.8 Å². The lowest BCUT2D eigenvalue weighted by Crippen LogP contribution is -2.57. The van der Waals surface area contributed by atoms with Gasteiger partial charge in [-0.3, -0.25) is 9.59 Å². The van der Waals surface area contributed by atoms with E-state index < -0.39 is 29.6 Å². The molecule has 3 heterocycles. The van der Waals surface area contributed by atoms with Crippen LogP contribution in [0.4, 0.5) is 10.5 Å². The van der Waals surface area contributed by atoms with Crippen molar-refractivity contribution in [3.8, 4) is 0 Å². The van der Waals surface area contributed by atoms with Gasteiger partial charge in [0.05, 0.1) is 36.9 Å². The SMILES string of the molecule is CC(C)CN(C(=O)c1ncc(C2CC2)cc1NC1COC1)[C@H]1C[C@@H](C(=O)O)CN(C(=O)OC(C)(C)C)C1. The molecule has 2 N–H and O–H groups in total. The number of nitrogens with one attached hydrogen (secondary N) is 1. The Morgan fingerprint density at radius 3 is 2.49 bits per heavy atom. The van der Waals surface area contributed by atoms with Gasteiger partial charge in [-0.1, -0.05) is 13.8 Å². The van der Waals surface area contributed by atoms with Crippen LogP contribution < -0.4 is 5.32 Å². The Morgan fingerprint density at radius 2 is 1.95 bits per heavy atom. The van der Waals surface area contributed by atoms with Crippen molar-refractivity contribution in [3.63, 3.8) is 0 Å². The number of aliphatic carboxylic acids is 1. The molecule has 1 aromatic heterocycles. The summed E-state index contributed by atoms with van der Waals surface area (Å²) in [5.41, 5.74) is 1.41. The van der Waals surface area contributed by atoms with E-state index in [-0.39, 0.29) is 37.4 Å². The van der Waals surface area contributed by atoms with E-state index in [2.05, 4.69) is 10.3 Å². The summed E-state index contributed by atoms with van der Waals surface area (Å²) in [6, 6.07) is 1.66. The summed E-state index contributed by atoms with van der Waals surface area (Å²) in [6.45, 7) is 11.2. The van der Waals surface area contributed by atoms with E-state index in [1.807, 2.05) is 19.9 Å². The number of pyridine rings is 1. The van der Waals surface area contributed by atoms with Crippen molar-refractivity contribution in [2.75, 3.05) is 38.2 Å². The van der Waals surface area contributed by atoms with Crippen LogP contribution in [0.25, 0.3) is 0 Å². The van der Waals surface area contributed by atoms with Crippen molar-refractivity contribution in [1.29, 1.82) is 0 Å². The number of hydrogen-bond acceptors (Lipinski definition) is 7. The zero-order valence-corrected chi connectivity index (χ0v) is 22.5. The highest BCUT2D eigenvalue weighted by atomic mass is 16.6. The zero-order valence-electron chi connectivity index (χ0n) is 22.5. The van der Waals surface area contributed by atoms with Gasteiger partial charge in [0, 0.05) is 25.8 Å². The molecule has 4 rings (SSSR count). The normalized spacial score (nSPS) is 22.4. The second kappa shape index (κ2) is 10.8. The summed E-state index contributed by atoms with van der Waals surface area (Å²) in [4.78, 5) is 46.8. The standard InChI is InChI=1S/C27H40N4O6/c1-16(2)11-31(21-8-19(25(33)34)12-30(13-21)26(35)37-27(3,4)5)24(32)23-22(29-20-14-36-15-20)9-18(10-28-23)17-6-7-17/h9-10,16-17,19-21,29H,6-8,11-15H2,1-5H3,(H,33,34)/t19-,21+/m1/s1. The van der Waals surface area contributed by atoms with Gasteiger partial charge in [-0.05, 0) is 63.5 Å². The maximum Gasteiger partial charge on any atom is 0.410 e. The quantitative estimate of drug-likeness (QED) is 0.538. The van der Waals surface area contributed by atoms with E-state index in [0.29, 0.717) is 37.1 Å². The fourth-order valence-electron chi connectivity index (χ4n) is 4.82. The second-order valence-electron chi connectivity index (χ2n) is 12.0. The topological polar surface area (TPSA) is 121 Å². The van der Waals surface area contributed by atoms with Gasteiger partial charge in [0.15, 0.2) is 5.69 Å². The van der Waals surface area contributed by atoms with Gasteiger partial charge in [-0.15, -0.1) is 0 Å². The molecule has 204 valence electrons. The molecular formula is C27H40N4O6. The molecule has 2 aliphatic heterocycles. The number of carbonyl (C=O) groups is 3. The predicted molar refractivity (Wildman–Crippen MR) is 138 cm³/mol. The van der Waals surface area contributed by atoms with Crippen LogP contribution in [-0.4, -0.2) is 88.4 Å². The van der Waals surface area contributed by atoms with Crippen LogP contribution in [0.15, 0.2) is 12.3 Å². The van der Waals surface area contributed by atoms with Crippen LogP contribution >= 0.6 is 0 Å². The number of anilines is 1. The van der Waals surface area contributed by atoms with Crippen molar-refractivity contribution in [3.05, 3.63) is 23.5 Å². The maximum atomic E-state index is 14.1. The Kier molecular flexibility index (Phi) is 7.96. The van der Waals surface area contributed by atoms with Gasteiger partial charge in [0.25, 0.3) is 5.91 Å². The van der Waals surface area contributed by atoms with E-state index in [9.17, 15) is 19.5 Å². The van der Waals surface area contributed by atoms with Gasteiger partial charge in [0.2, 0.25) is 0 Å². The smallest absolute Gasteiger partial charge is 0.410 e. The maximum absolute atomic E-state index is 14.1. The molecule has 2 amide bonds. The van der Waals surface area contributed by atoms with Crippen molar-refractivity contribution in [2.24, 2.45) is 11.8 Å². The average molecular weight is 517 g/mol. The first-order valence-electron chi connectivity index (χ1n) is 13.3. The molecule has 1 saturated carbocycles. The molecule has 3 aliphatic rings. The first-order valence-corrected chi connectivity index (χ1v) is 13.3. The predicted octanol–water partition coefficient (Wildman–Crippen LogP) is 3.58. The Labute approximate surface area is 218 Å². The first-order chi connectivity index (χ1) is 17.4. The van der Waals surface area contributed by atoms with Gasteiger partial charge in [0.1, 0.15) is 5.60 Å². The van der Waals surface area contributed by atoms with Crippen LogP contribution in [0.1, 0.15) is 75.9 Å². The zero-order chi connectivity index (χ0) is 26.9. The minimum Gasteiger partial charge on any atom is -0.481 e. The molecule has 0 unspecified atom stereocenters. The van der Waals surface area contributed by atoms with Gasteiger partial charge < -0.3 is 29.7 Å². The third-order valence-corrected chi connectivity index (χ3v) is 6.85. The van der Waals surface area contributed by atoms with Crippen LogP contribution in [0.5, 0.6) is 0 Å². The van der Waals surface area contributed by atoms with Crippen molar-refractivity contribution in [2.45, 2.75) is 77.5 Å². The summed E-state index contributed by atoms with van der Waals surface area (Å²) in [5, 5.41) is 13.3. The van der Waals surface area contributed by atoms with Gasteiger partial charge >= 0.3 is 12.1 Å². The van der Waals surface area contributed by atoms with Gasteiger partial charge in [-0.25, -0.2) is 9.78 Å². The molecule has 2 atom stereocenters. The number of piperidine rings is 1. The van der Waals surface area contributed by atoms with E-state index in [0.717, 1.165) is 18.4 Å². The molecule has 0 aromatic carbocycles. The number of carboxylic acid groups (broad SMARTS) is 1. The molecule has 1 aromatic rings. The molecule has 0 radical (unpaired) electrons. The summed E-state index contributed by atoms with van der Waals surface area (Å²) in [7, 11) is 0. The number of likely N-dealkylation sites (tertiary alicyclic amines) is 1. The Bertz CT molecular complexity index is 1010. The van der Waals surface area contributed by atoms with Crippen LogP contribution in [-0.2, 0) is 14.3 Å². The van der Waals surface area contributed by atoms with E-state index >= 15 is 0 Å². The molecule has 2 saturated heterocycles. The second-order valence-corrected chi connectivity index (χ2v) is 12.0. The number of ether oxygens (including phenoxy) is 2. The van der Waals surface area contributed by atoms with Crippen LogP contribution in [0.2, 0.25) is 0 Å². The molecule has 0 spiro atoms. The lowest BCUT2D eigenvalue weighted by molar-refractivity contribution is -0.144. The van der Waals surface area contributed by atoms with Crippen LogP contribution in [0.3, 0.4) is 0 Å². The van der Waals surface area contributed by atoms with Gasteiger partial charge in [-0.2, -0.15) is 0 Å². The highest BCUT2D eigenvalue weighted by Crippen LogP contribution is 2.41. The molecule has 3 fully saturated rings. The number of rotatable bonds is 8. The number of nitrogens with zero attached hydrogens (tertiary/aromatic N) is 3. The largest absolute Gasteiger partial charge is 0.481 e. The minimum absolute atomic E-state index is 0.0489. The number of hydrogen-bond donors (Lipinski definition) is 2. The van der Waals surface area contributed by atoms with E-state index in [1.54, 1.807) is 31.9 Å². The molecule has 10 heteroatoms. The fraction of sp³-hybridized carbons (Fsp3) is 0.704. The average Bonchev–Trinajstić information content (AvgIpc) is 3.63. The highest BCUT2D eigenvalue weighted by molar-refractivity contribution is 5.98. The molecule has 10 nitrogen and oxygen atoms in total. The summed E-state index contributed by atoms with van der Waals surface area (Å²) < 4.78 is 10.9. The summed E-state index contributed by atoms with van der Waals surface area (Å²) in [6.07, 6.45) is 3.72. The Balaban J connectivity index is 1.63. The minimum atomic E-state index is -0.991. The number of carboxylic acids is 1. The fourth-order valence-corrected chi connectivity index (χ4v) is 4.82. The van der Waals surface area contributed by atoms with Crippen molar-refractivity contribution < 1.29 is 29.0 Å². The number of amides is 2. The third-order valence-electron chi connectivity index (χ3n) is 6.85. The third kappa shape index (κ3) is 6.91. The van der Waals surface area contributed by atoms with Crippen LogP contribution in [0, 0.1) is 11.8 Å². The van der Waals surface area contributed by atoms with E-state index in [1.165, 1.54) is 4.90 Å². The molecule has 0 bridgehead atoms. The Morgan fingerprint density at radius 1 is 1.24 bits per heavy atom. The lowest BCUT2D eigenvalue weighted by Gasteiger charge is -2.42. The molecule has 1 aliphatic carbocycles. The summed E-state index contributed by atoms with van der Waals surface area (Å²) >= 11 is 0. The monoisotopic (exact) mass is 516 g/mol. The van der Waals surface area contributed by atoms with E-state index in [4.69, 9.17) is 9.47 Å². The number of carbonyl (C=O) groups excluding carboxylic acids is 2. The molecule has 37 heavy (non-hydrogen) atoms. The first kappa shape index (κ1) is 27.2.